The van der Waals surface area contributed by atoms with Crippen LogP contribution in [0, 0.1) is 6.92 Å². The van der Waals surface area contributed by atoms with E-state index in [0.717, 1.165) is 16.0 Å². The van der Waals surface area contributed by atoms with Crippen molar-refractivity contribution in [1.29, 1.82) is 0 Å². The van der Waals surface area contributed by atoms with Crippen molar-refractivity contribution in [1.82, 2.24) is 14.8 Å². The minimum absolute atomic E-state index is 0.0520. The Hall–Kier alpha value is -2.90. The normalized spacial score (nSPS) is 11.3. The van der Waals surface area contributed by atoms with E-state index in [4.69, 9.17) is 21.3 Å². The zero-order valence-electron chi connectivity index (χ0n) is 17.8. The number of aryl methyl sites for hydroxylation is 1. The van der Waals surface area contributed by atoms with Crippen LogP contribution in [0.4, 0.5) is 5.13 Å². The SMILES string of the molecule is COc1ccc(Cl)c2sc(N(Cc3ccccc3)C(=O)c3cc(C)nn3C(C)C)nc12. The molecular weight excluding hydrogens is 432 g/mol. The first-order chi connectivity index (χ1) is 14.9. The number of nitrogens with zero attached hydrogens (tertiary/aromatic N) is 4. The molecule has 0 atom stereocenters. The summed E-state index contributed by atoms with van der Waals surface area (Å²) in [6.07, 6.45) is 0. The molecule has 0 fully saturated rings. The van der Waals surface area contributed by atoms with Crippen LogP contribution >= 0.6 is 22.9 Å². The summed E-state index contributed by atoms with van der Waals surface area (Å²) in [5, 5.41) is 5.65. The highest BCUT2D eigenvalue weighted by Crippen LogP contribution is 2.39. The molecular formula is C23H23ClN4O2S. The first kappa shape index (κ1) is 21.3. The number of amides is 1. The van der Waals surface area contributed by atoms with E-state index in [1.54, 1.807) is 28.8 Å². The van der Waals surface area contributed by atoms with Gasteiger partial charge in [0.25, 0.3) is 5.91 Å². The first-order valence-electron chi connectivity index (χ1n) is 9.94. The van der Waals surface area contributed by atoms with Gasteiger partial charge in [-0.3, -0.25) is 14.4 Å². The number of thiazole rings is 1. The van der Waals surface area contributed by atoms with E-state index in [9.17, 15) is 4.79 Å². The van der Waals surface area contributed by atoms with Crippen molar-refractivity contribution < 1.29 is 9.53 Å². The minimum Gasteiger partial charge on any atom is -0.494 e. The van der Waals surface area contributed by atoms with Gasteiger partial charge in [-0.15, -0.1) is 0 Å². The maximum absolute atomic E-state index is 13.8. The van der Waals surface area contributed by atoms with Crippen LogP contribution in [0.15, 0.2) is 48.5 Å². The van der Waals surface area contributed by atoms with Crippen molar-refractivity contribution in [2.45, 2.75) is 33.4 Å². The Morgan fingerprint density at radius 2 is 1.97 bits per heavy atom. The lowest BCUT2D eigenvalue weighted by Crippen LogP contribution is -2.32. The molecule has 2 aromatic heterocycles. The molecule has 1 amide bonds. The number of methoxy groups -OCH3 is 1. The largest absolute Gasteiger partial charge is 0.494 e. The molecule has 31 heavy (non-hydrogen) atoms. The molecule has 0 aliphatic rings. The Labute approximate surface area is 190 Å². The van der Waals surface area contributed by atoms with E-state index >= 15 is 0 Å². The van der Waals surface area contributed by atoms with Gasteiger partial charge in [-0.25, -0.2) is 4.98 Å². The van der Waals surface area contributed by atoms with Crippen LogP contribution in [-0.4, -0.2) is 27.8 Å². The molecule has 0 saturated carbocycles. The number of aromatic nitrogens is 3. The van der Waals surface area contributed by atoms with Gasteiger partial charge in [-0.05, 0) is 44.5 Å². The van der Waals surface area contributed by atoms with Gasteiger partial charge in [0.15, 0.2) is 5.13 Å². The lowest BCUT2D eigenvalue weighted by molar-refractivity contribution is 0.0973. The fourth-order valence-electron chi connectivity index (χ4n) is 3.42. The summed E-state index contributed by atoms with van der Waals surface area (Å²) < 4.78 is 8.01. The average molecular weight is 455 g/mol. The van der Waals surface area contributed by atoms with Gasteiger partial charge in [0.1, 0.15) is 17.0 Å². The second-order valence-corrected chi connectivity index (χ2v) is 8.89. The van der Waals surface area contributed by atoms with Crippen LogP contribution in [0.2, 0.25) is 5.02 Å². The number of carbonyl (C=O) groups is 1. The average Bonchev–Trinajstić information content (AvgIpc) is 3.37. The fraction of sp³-hybridized carbons (Fsp3) is 0.261. The monoisotopic (exact) mass is 454 g/mol. The summed E-state index contributed by atoms with van der Waals surface area (Å²) >= 11 is 7.81. The van der Waals surface area contributed by atoms with Gasteiger partial charge < -0.3 is 4.74 Å². The number of carbonyl (C=O) groups excluding carboxylic acids is 1. The summed E-state index contributed by atoms with van der Waals surface area (Å²) in [5.74, 6) is 0.462. The molecule has 6 nitrogen and oxygen atoms in total. The maximum Gasteiger partial charge on any atom is 0.278 e. The second-order valence-electron chi connectivity index (χ2n) is 7.51. The number of benzene rings is 2. The summed E-state index contributed by atoms with van der Waals surface area (Å²) in [6, 6.07) is 15.3. The van der Waals surface area contributed by atoms with Gasteiger partial charge in [-0.1, -0.05) is 53.3 Å². The highest BCUT2D eigenvalue weighted by atomic mass is 35.5. The number of rotatable bonds is 6. The number of hydrogen-bond acceptors (Lipinski definition) is 5. The molecule has 2 heterocycles. The molecule has 0 bridgehead atoms. The molecule has 160 valence electrons. The van der Waals surface area contributed by atoms with Crippen molar-refractivity contribution >= 4 is 44.2 Å². The number of ether oxygens (including phenoxy) is 1. The molecule has 0 spiro atoms. The molecule has 0 aliphatic heterocycles. The quantitative estimate of drug-likeness (QED) is 0.364. The van der Waals surface area contributed by atoms with Gasteiger partial charge in [-0.2, -0.15) is 5.10 Å². The van der Waals surface area contributed by atoms with Crippen LogP contribution in [0.1, 0.15) is 41.6 Å². The zero-order chi connectivity index (χ0) is 22.1. The minimum atomic E-state index is -0.160. The van der Waals surface area contributed by atoms with Crippen LogP contribution in [0.25, 0.3) is 10.2 Å². The zero-order valence-corrected chi connectivity index (χ0v) is 19.4. The third kappa shape index (κ3) is 4.16. The van der Waals surface area contributed by atoms with Crippen molar-refractivity contribution in [3.8, 4) is 5.75 Å². The lowest BCUT2D eigenvalue weighted by atomic mass is 10.2. The van der Waals surface area contributed by atoms with E-state index in [1.165, 1.54) is 11.3 Å². The summed E-state index contributed by atoms with van der Waals surface area (Å²) in [6.45, 7) is 6.28. The third-order valence-corrected chi connectivity index (χ3v) is 6.43. The van der Waals surface area contributed by atoms with Crippen LogP contribution in [0.3, 0.4) is 0 Å². The number of hydrogen-bond donors (Lipinski definition) is 0. The fourth-order valence-corrected chi connectivity index (χ4v) is 4.68. The highest BCUT2D eigenvalue weighted by molar-refractivity contribution is 7.23. The second kappa shape index (κ2) is 8.69. The molecule has 0 radical (unpaired) electrons. The summed E-state index contributed by atoms with van der Waals surface area (Å²) in [5.41, 5.74) is 2.97. The Balaban J connectivity index is 1.85. The topological polar surface area (TPSA) is 60.2 Å². The Morgan fingerprint density at radius 1 is 1.23 bits per heavy atom. The van der Waals surface area contributed by atoms with Crippen LogP contribution in [0.5, 0.6) is 5.75 Å². The van der Waals surface area contributed by atoms with Crippen molar-refractivity contribution in [3.05, 3.63) is 70.5 Å². The predicted octanol–water partition coefficient (Wildman–Crippen LogP) is 5.89. The van der Waals surface area contributed by atoms with Crippen molar-refractivity contribution in [2.75, 3.05) is 12.0 Å². The molecule has 0 unspecified atom stereocenters. The van der Waals surface area contributed by atoms with Gasteiger partial charge >= 0.3 is 0 Å². The Bertz CT molecular complexity index is 1230. The first-order valence-corrected chi connectivity index (χ1v) is 11.1. The van der Waals surface area contributed by atoms with E-state index in [1.807, 2.05) is 57.2 Å². The van der Waals surface area contributed by atoms with Crippen LogP contribution < -0.4 is 9.64 Å². The Morgan fingerprint density at radius 3 is 2.65 bits per heavy atom. The molecule has 2 aromatic carbocycles. The van der Waals surface area contributed by atoms with Gasteiger partial charge in [0.2, 0.25) is 0 Å². The van der Waals surface area contributed by atoms with Crippen molar-refractivity contribution in [3.63, 3.8) is 0 Å². The van der Waals surface area contributed by atoms with E-state index in [2.05, 4.69) is 5.10 Å². The smallest absolute Gasteiger partial charge is 0.278 e. The number of fused-ring (bicyclic) bond motifs is 1. The molecule has 4 rings (SSSR count). The van der Waals surface area contributed by atoms with E-state index in [-0.39, 0.29) is 11.9 Å². The highest BCUT2D eigenvalue weighted by Gasteiger charge is 2.27. The molecule has 8 heteroatoms. The van der Waals surface area contributed by atoms with Crippen LogP contribution in [-0.2, 0) is 6.54 Å². The van der Waals surface area contributed by atoms with Crippen molar-refractivity contribution in [2.24, 2.45) is 0 Å². The molecule has 0 N–H and O–H groups in total. The van der Waals surface area contributed by atoms with E-state index < -0.39 is 0 Å². The molecule has 4 aromatic rings. The molecule has 0 saturated heterocycles. The third-order valence-electron chi connectivity index (χ3n) is 4.89. The summed E-state index contributed by atoms with van der Waals surface area (Å²) in [4.78, 5) is 20.2. The maximum atomic E-state index is 13.8. The predicted molar refractivity (Wildman–Crippen MR) is 125 cm³/mol. The standard InChI is InChI=1S/C23H23ClN4O2S/c1-14(2)28-18(12-15(3)26-28)22(29)27(13-16-8-6-5-7-9-16)23-25-20-19(30-4)11-10-17(24)21(20)31-23/h5-12,14H,13H2,1-4H3. The number of anilines is 1. The summed E-state index contributed by atoms with van der Waals surface area (Å²) in [7, 11) is 1.60. The van der Waals surface area contributed by atoms with E-state index in [0.29, 0.717) is 33.7 Å². The number of halogens is 1. The van der Waals surface area contributed by atoms with Gasteiger partial charge in [0.05, 0.1) is 29.1 Å². The lowest BCUT2D eigenvalue weighted by Gasteiger charge is -2.21. The van der Waals surface area contributed by atoms with Gasteiger partial charge in [0, 0.05) is 6.04 Å². The Kier molecular flexibility index (Phi) is 5.98. The molecule has 0 aliphatic carbocycles.